The molecule has 1 heterocycles. The molecule has 0 spiro atoms. The Morgan fingerprint density at radius 2 is 1.72 bits per heavy atom. The Kier molecular flexibility index (Phi) is 7.43. The highest BCUT2D eigenvalue weighted by Gasteiger charge is 2.22. The molecular weight excluding hydrogens is 488 g/mol. The molecule has 1 aromatic heterocycles. The van der Waals surface area contributed by atoms with Gasteiger partial charge in [-0.2, -0.15) is 4.31 Å². The van der Waals surface area contributed by atoms with Crippen molar-refractivity contribution < 1.29 is 13.2 Å². The molecule has 7 heteroatoms. The molecule has 0 aliphatic rings. The van der Waals surface area contributed by atoms with Crippen LogP contribution in [0.1, 0.15) is 43.2 Å². The molecule has 0 bridgehead atoms. The number of sulfonamides is 1. The first kappa shape index (κ1) is 24.4. The van der Waals surface area contributed by atoms with Crippen LogP contribution in [-0.2, 0) is 28.4 Å². The average Bonchev–Trinajstić information content (AvgIpc) is 2.75. The third-order valence-electron chi connectivity index (χ3n) is 5.36. The number of hydrogen-bond acceptors (Lipinski definition) is 4. The lowest BCUT2D eigenvalue weighted by Gasteiger charge is -2.19. The maximum atomic E-state index is 13.1. The molecule has 0 unspecified atom stereocenters. The van der Waals surface area contributed by atoms with Crippen molar-refractivity contribution in [2.24, 2.45) is 0 Å². The van der Waals surface area contributed by atoms with E-state index < -0.39 is 10.0 Å². The molecule has 32 heavy (non-hydrogen) atoms. The smallest absolute Gasteiger partial charge is 0.243 e. The number of hydrogen-bond donors (Lipinski definition) is 0. The Balaban J connectivity index is 1.75. The second-order valence-corrected chi connectivity index (χ2v) is 11.7. The van der Waals surface area contributed by atoms with Crippen LogP contribution < -0.4 is 4.74 Å². The highest BCUT2D eigenvalue weighted by molar-refractivity contribution is 9.10. The van der Waals surface area contributed by atoms with Crippen LogP contribution in [-0.4, -0.2) is 31.9 Å². The Labute approximate surface area is 199 Å². The summed E-state index contributed by atoms with van der Waals surface area (Å²) in [5.41, 5.74) is 4.04. The largest absolute Gasteiger partial charge is 0.497 e. The highest BCUT2D eigenvalue weighted by atomic mass is 79.9. The quantitative estimate of drug-likeness (QED) is 0.412. The Morgan fingerprint density at radius 1 is 1.03 bits per heavy atom. The number of rotatable bonds is 7. The molecule has 2 aromatic carbocycles. The molecule has 0 radical (unpaired) electrons. The van der Waals surface area contributed by atoms with Crippen molar-refractivity contribution in [1.82, 2.24) is 9.29 Å². The van der Waals surface area contributed by atoms with Gasteiger partial charge in [0.2, 0.25) is 10.0 Å². The first-order valence-electron chi connectivity index (χ1n) is 10.3. The van der Waals surface area contributed by atoms with Crippen molar-refractivity contribution in [3.8, 4) is 5.75 Å². The molecule has 0 atom stereocenters. The number of ether oxygens (including phenoxy) is 1. The fourth-order valence-electron chi connectivity index (χ4n) is 3.25. The van der Waals surface area contributed by atoms with E-state index >= 15 is 0 Å². The minimum atomic E-state index is -3.63. The SMILES string of the molecule is COc1ccc(CN(C)S(=O)(=O)c2ccc(Cc3ccc(C(C)(C)C)cn3)c(Br)c2)cc1. The summed E-state index contributed by atoms with van der Waals surface area (Å²) in [4.78, 5) is 4.83. The zero-order chi connectivity index (χ0) is 23.5. The number of aromatic nitrogens is 1. The lowest BCUT2D eigenvalue weighted by atomic mass is 9.88. The summed E-state index contributed by atoms with van der Waals surface area (Å²) >= 11 is 3.55. The number of pyridine rings is 1. The number of halogens is 1. The molecule has 170 valence electrons. The number of benzene rings is 2. The molecular formula is C25H29BrN2O3S. The summed E-state index contributed by atoms with van der Waals surface area (Å²) in [6.45, 7) is 6.75. The lowest BCUT2D eigenvalue weighted by Crippen LogP contribution is -2.26. The normalized spacial score (nSPS) is 12.2. The van der Waals surface area contributed by atoms with Crippen molar-refractivity contribution in [2.45, 2.75) is 44.0 Å². The number of methoxy groups -OCH3 is 1. The van der Waals surface area contributed by atoms with E-state index in [4.69, 9.17) is 4.74 Å². The maximum Gasteiger partial charge on any atom is 0.243 e. The van der Waals surface area contributed by atoms with E-state index in [1.54, 1.807) is 26.3 Å². The third kappa shape index (κ3) is 5.77. The molecule has 3 rings (SSSR count). The minimum Gasteiger partial charge on any atom is -0.497 e. The second-order valence-electron chi connectivity index (χ2n) is 8.83. The van der Waals surface area contributed by atoms with E-state index in [-0.39, 0.29) is 16.9 Å². The van der Waals surface area contributed by atoms with Crippen LogP contribution in [0.5, 0.6) is 5.75 Å². The standard InChI is InChI=1S/C25H29BrN2O3S/c1-25(2,3)20-9-10-21(27-16-20)14-19-8-13-23(15-24(19)26)32(29,30)28(4)17-18-6-11-22(31-5)12-7-18/h6-13,15-16H,14,17H2,1-5H3. The van der Waals surface area contributed by atoms with Crippen LogP contribution in [0, 0.1) is 0 Å². The highest BCUT2D eigenvalue weighted by Crippen LogP contribution is 2.27. The van der Waals surface area contributed by atoms with Gasteiger partial charge in [0.1, 0.15) is 5.75 Å². The Hall–Kier alpha value is -2.22. The van der Waals surface area contributed by atoms with E-state index in [1.165, 1.54) is 9.87 Å². The third-order valence-corrected chi connectivity index (χ3v) is 7.90. The molecule has 0 aliphatic heterocycles. The summed E-state index contributed by atoms with van der Waals surface area (Å²) in [7, 11) is -0.444. The van der Waals surface area contributed by atoms with E-state index in [9.17, 15) is 8.42 Å². The summed E-state index contributed by atoms with van der Waals surface area (Å²) in [6.07, 6.45) is 2.53. The minimum absolute atomic E-state index is 0.0555. The van der Waals surface area contributed by atoms with E-state index in [0.717, 1.165) is 27.0 Å². The van der Waals surface area contributed by atoms with Gasteiger partial charge in [-0.25, -0.2) is 8.42 Å². The predicted octanol–water partition coefficient (Wildman–Crippen LogP) is 5.56. The summed E-state index contributed by atoms with van der Waals surface area (Å²) in [6, 6.07) is 16.7. The molecule has 0 fully saturated rings. The van der Waals surface area contributed by atoms with Gasteiger partial charge in [-0.15, -0.1) is 0 Å². The molecule has 3 aromatic rings. The lowest BCUT2D eigenvalue weighted by molar-refractivity contribution is 0.414. The van der Waals surface area contributed by atoms with Crippen molar-refractivity contribution in [3.63, 3.8) is 0 Å². The average molecular weight is 517 g/mol. The maximum absolute atomic E-state index is 13.1. The van der Waals surface area contributed by atoms with Gasteiger partial charge in [0.25, 0.3) is 0 Å². The molecule has 0 N–H and O–H groups in total. The van der Waals surface area contributed by atoms with Crippen molar-refractivity contribution >= 4 is 26.0 Å². The summed E-state index contributed by atoms with van der Waals surface area (Å²) in [5, 5.41) is 0. The van der Waals surface area contributed by atoms with Gasteiger partial charge in [0, 0.05) is 36.4 Å². The van der Waals surface area contributed by atoms with Crippen LogP contribution in [0.15, 0.2) is 70.2 Å². The molecule has 5 nitrogen and oxygen atoms in total. The Bertz CT molecular complexity index is 1170. The van der Waals surface area contributed by atoms with E-state index in [0.29, 0.717) is 6.42 Å². The zero-order valence-corrected chi connectivity index (χ0v) is 21.5. The summed E-state index contributed by atoms with van der Waals surface area (Å²) < 4.78 is 33.4. The first-order valence-corrected chi connectivity index (χ1v) is 12.6. The van der Waals surface area contributed by atoms with Gasteiger partial charge in [-0.1, -0.05) is 61.0 Å². The molecule has 0 aliphatic carbocycles. The van der Waals surface area contributed by atoms with Crippen LogP contribution in [0.3, 0.4) is 0 Å². The van der Waals surface area contributed by atoms with Gasteiger partial charge in [0.05, 0.1) is 12.0 Å². The summed E-state index contributed by atoms with van der Waals surface area (Å²) in [5.74, 6) is 0.737. The second kappa shape index (κ2) is 9.73. The fraction of sp³-hybridized carbons (Fsp3) is 0.320. The van der Waals surface area contributed by atoms with Gasteiger partial charge < -0.3 is 4.74 Å². The van der Waals surface area contributed by atoms with E-state index in [2.05, 4.69) is 47.8 Å². The van der Waals surface area contributed by atoms with Crippen LogP contribution in [0.2, 0.25) is 0 Å². The monoisotopic (exact) mass is 516 g/mol. The fourth-order valence-corrected chi connectivity index (χ4v) is 5.11. The van der Waals surface area contributed by atoms with Gasteiger partial charge in [-0.3, -0.25) is 4.98 Å². The van der Waals surface area contributed by atoms with Crippen LogP contribution >= 0.6 is 15.9 Å². The molecule has 0 amide bonds. The Morgan fingerprint density at radius 3 is 2.25 bits per heavy atom. The van der Waals surface area contributed by atoms with Gasteiger partial charge in [0.15, 0.2) is 0 Å². The van der Waals surface area contributed by atoms with Crippen LogP contribution in [0.4, 0.5) is 0 Å². The van der Waals surface area contributed by atoms with Crippen molar-refractivity contribution in [1.29, 1.82) is 0 Å². The molecule has 0 saturated carbocycles. The van der Waals surface area contributed by atoms with Crippen LogP contribution in [0.25, 0.3) is 0 Å². The topological polar surface area (TPSA) is 59.5 Å². The first-order chi connectivity index (χ1) is 15.0. The molecule has 0 saturated heterocycles. The van der Waals surface area contributed by atoms with E-state index in [1.807, 2.05) is 42.6 Å². The van der Waals surface area contributed by atoms with Crippen molar-refractivity contribution in [3.05, 3.63) is 87.7 Å². The zero-order valence-electron chi connectivity index (χ0n) is 19.1. The van der Waals surface area contributed by atoms with Gasteiger partial charge >= 0.3 is 0 Å². The van der Waals surface area contributed by atoms with Crippen molar-refractivity contribution in [2.75, 3.05) is 14.2 Å². The van der Waals surface area contributed by atoms with Gasteiger partial charge in [-0.05, 0) is 52.4 Å². The number of nitrogens with zero attached hydrogens (tertiary/aromatic N) is 2. The predicted molar refractivity (Wildman–Crippen MR) is 132 cm³/mol.